The lowest BCUT2D eigenvalue weighted by Crippen LogP contribution is -2.20. The summed E-state index contributed by atoms with van der Waals surface area (Å²) < 4.78 is 0. The zero-order chi connectivity index (χ0) is 34.5. The van der Waals surface area contributed by atoms with E-state index in [1.165, 1.54) is 54.1 Å². The molecule has 0 spiro atoms. The molecule has 9 rings (SSSR count). The van der Waals surface area contributed by atoms with E-state index in [2.05, 4.69) is 231 Å². The van der Waals surface area contributed by atoms with Gasteiger partial charge in [-0.25, -0.2) is 0 Å². The Labute approximate surface area is 305 Å². The normalized spacial score (nSPS) is 11.0. The molecule has 0 saturated heterocycles. The van der Waals surface area contributed by atoms with Crippen molar-refractivity contribution >= 4 is 47.7 Å². The van der Waals surface area contributed by atoms with E-state index in [9.17, 15) is 0 Å². The van der Waals surface area contributed by atoms with Crippen LogP contribution in [0.1, 0.15) is 11.1 Å². The Hall–Kier alpha value is -5.38. The van der Waals surface area contributed by atoms with E-state index in [-0.39, 0.29) is 0 Å². The van der Waals surface area contributed by atoms with Crippen molar-refractivity contribution in [3.05, 3.63) is 242 Å². The van der Waals surface area contributed by atoms with Gasteiger partial charge in [-0.15, -0.1) is 0 Å². The summed E-state index contributed by atoms with van der Waals surface area (Å²) in [6.45, 7) is 0. The molecular formula is C49H40P2. The minimum absolute atomic E-state index is 0.446. The van der Waals surface area contributed by atoms with Crippen molar-refractivity contribution in [2.75, 3.05) is 0 Å². The molecule has 1 aliphatic carbocycles. The molecule has 0 atom stereocenters. The second-order valence-corrected chi connectivity index (χ2v) is 16.6. The second-order valence-electron chi connectivity index (χ2n) is 12.2. The standard InChI is InChI=1S/2C18H15P.C13H10/c2*1-4-10-16(11-5-1)19(17-12-6-2-7-13-17)18-14-8-3-9-15-18;1-3-7-12-10(5-1)9-11-6-2-4-8-13(11)12/h2*1-15H;1-8H,9H2. The maximum atomic E-state index is 2.23. The number of rotatable bonds is 6. The number of benzene rings is 8. The van der Waals surface area contributed by atoms with Crippen LogP contribution in [0.3, 0.4) is 0 Å². The van der Waals surface area contributed by atoms with Crippen molar-refractivity contribution in [3.63, 3.8) is 0 Å². The van der Waals surface area contributed by atoms with Gasteiger partial charge < -0.3 is 0 Å². The summed E-state index contributed by atoms with van der Waals surface area (Å²) in [4.78, 5) is 0. The van der Waals surface area contributed by atoms with Crippen molar-refractivity contribution in [2.45, 2.75) is 6.42 Å². The van der Waals surface area contributed by atoms with Crippen molar-refractivity contribution in [1.82, 2.24) is 0 Å². The highest BCUT2D eigenvalue weighted by atomic mass is 31.1. The van der Waals surface area contributed by atoms with Crippen molar-refractivity contribution < 1.29 is 0 Å². The minimum atomic E-state index is -0.446. The lowest BCUT2D eigenvalue weighted by Gasteiger charge is -2.18. The van der Waals surface area contributed by atoms with E-state index >= 15 is 0 Å². The Bertz CT molecular complexity index is 1850. The molecule has 8 aromatic rings. The van der Waals surface area contributed by atoms with E-state index < -0.39 is 15.8 Å². The average Bonchev–Trinajstić information content (AvgIpc) is 3.60. The van der Waals surface area contributed by atoms with Gasteiger partial charge in [0.2, 0.25) is 0 Å². The van der Waals surface area contributed by atoms with Gasteiger partial charge in [0.15, 0.2) is 0 Å². The number of fused-ring (bicyclic) bond motifs is 3. The van der Waals surface area contributed by atoms with Gasteiger partial charge in [0, 0.05) is 0 Å². The second kappa shape index (κ2) is 17.5. The SMILES string of the molecule is c1ccc(P(c2ccccc2)c2ccccc2)cc1.c1ccc(P(c2ccccc2)c2ccccc2)cc1.c1ccc2c(c1)Cc1ccccc1-2. The highest BCUT2D eigenvalue weighted by Gasteiger charge is 2.17. The number of hydrogen-bond acceptors (Lipinski definition) is 0. The Morgan fingerprint density at radius 1 is 0.216 bits per heavy atom. The molecule has 8 aromatic carbocycles. The molecule has 0 bridgehead atoms. The molecule has 1 aliphatic rings. The third kappa shape index (κ3) is 8.68. The Morgan fingerprint density at radius 2 is 0.412 bits per heavy atom. The average molecular weight is 691 g/mol. The van der Waals surface area contributed by atoms with Gasteiger partial charge >= 0.3 is 0 Å². The van der Waals surface area contributed by atoms with Gasteiger partial charge in [-0.3, -0.25) is 0 Å². The first-order valence-electron chi connectivity index (χ1n) is 17.4. The summed E-state index contributed by atoms with van der Waals surface area (Å²) in [6, 6.07) is 82.0. The summed E-state index contributed by atoms with van der Waals surface area (Å²) in [5.41, 5.74) is 5.75. The van der Waals surface area contributed by atoms with E-state index in [1.807, 2.05) is 0 Å². The van der Waals surface area contributed by atoms with Crippen LogP contribution in [0, 0.1) is 0 Å². The maximum absolute atomic E-state index is 2.23. The van der Waals surface area contributed by atoms with Crippen molar-refractivity contribution in [1.29, 1.82) is 0 Å². The zero-order valence-corrected chi connectivity index (χ0v) is 30.3. The third-order valence-corrected chi connectivity index (χ3v) is 13.7. The fourth-order valence-corrected chi connectivity index (χ4v) is 11.0. The van der Waals surface area contributed by atoms with Gasteiger partial charge in [-0.1, -0.05) is 231 Å². The summed E-state index contributed by atoms with van der Waals surface area (Å²) in [6.07, 6.45) is 1.10. The van der Waals surface area contributed by atoms with E-state index in [4.69, 9.17) is 0 Å². The van der Waals surface area contributed by atoms with Crippen LogP contribution >= 0.6 is 15.8 Å². The number of hydrogen-bond donors (Lipinski definition) is 0. The summed E-state index contributed by atoms with van der Waals surface area (Å²) in [5, 5.41) is 8.39. The molecule has 0 aromatic heterocycles. The van der Waals surface area contributed by atoms with Crippen LogP contribution in [0.15, 0.2) is 231 Å². The summed E-state index contributed by atoms with van der Waals surface area (Å²) in [7, 11) is -0.892. The van der Waals surface area contributed by atoms with E-state index in [0.717, 1.165) is 6.42 Å². The van der Waals surface area contributed by atoms with Gasteiger partial charge in [0.05, 0.1) is 0 Å². The first-order chi connectivity index (χ1) is 25.3. The molecule has 0 amide bonds. The Balaban J connectivity index is 0.000000122. The third-order valence-electron chi connectivity index (χ3n) is 8.79. The van der Waals surface area contributed by atoms with Gasteiger partial charge in [0.25, 0.3) is 0 Å². The molecular weight excluding hydrogens is 650 g/mol. The minimum Gasteiger partial charge on any atom is -0.0622 e. The molecule has 0 aliphatic heterocycles. The maximum Gasteiger partial charge on any atom is -0.00135 e. The molecule has 2 heteroatoms. The van der Waals surface area contributed by atoms with Crippen LogP contribution in [0.4, 0.5) is 0 Å². The molecule has 0 nitrogen and oxygen atoms in total. The van der Waals surface area contributed by atoms with Crippen molar-refractivity contribution in [2.24, 2.45) is 0 Å². The molecule has 0 radical (unpaired) electrons. The monoisotopic (exact) mass is 690 g/mol. The quantitative estimate of drug-likeness (QED) is 0.152. The lowest BCUT2D eigenvalue weighted by atomic mass is 10.1. The topological polar surface area (TPSA) is 0 Å². The summed E-state index contributed by atoms with van der Waals surface area (Å²) in [5.74, 6) is 0. The molecule has 51 heavy (non-hydrogen) atoms. The first-order valence-corrected chi connectivity index (χ1v) is 20.1. The summed E-state index contributed by atoms with van der Waals surface area (Å²) >= 11 is 0. The molecule has 0 N–H and O–H groups in total. The Morgan fingerprint density at radius 3 is 0.647 bits per heavy atom. The molecule has 246 valence electrons. The van der Waals surface area contributed by atoms with Gasteiger partial charge in [-0.05, 0) is 76.3 Å². The van der Waals surface area contributed by atoms with Gasteiger partial charge in [-0.2, -0.15) is 0 Å². The van der Waals surface area contributed by atoms with Gasteiger partial charge in [0.1, 0.15) is 0 Å². The molecule has 0 saturated carbocycles. The van der Waals surface area contributed by atoms with Crippen LogP contribution in [0.25, 0.3) is 11.1 Å². The van der Waals surface area contributed by atoms with Crippen molar-refractivity contribution in [3.8, 4) is 11.1 Å². The van der Waals surface area contributed by atoms with E-state index in [0.29, 0.717) is 0 Å². The van der Waals surface area contributed by atoms with E-state index in [1.54, 1.807) is 0 Å². The zero-order valence-electron chi connectivity index (χ0n) is 28.5. The molecule has 0 unspecified atom stereocenters. The van der Waals surface area contributed by atoms with Crippen LogP contribution in [-0.2, 0) is 6.42 Å². The Kier molecular flexibility index (Phi) is 11.7. The fraction of sp³-hybridized carbons (Fsp3) is 0.0204. The molecule has 0 fully saturated rings. The first kappa shape index (κ1) is 34.1. The van der Waals surface area contributed by atoms with Crippen LogP contribution in [0.5, 0.6) is 0 Å². The predicted octanol–water partition coefficient (Wildman–Crippen LogP) is 10.1. The van der Waals surface area contributed by atoms with Crippen LogP contribution in [-0.4, -0.2) is 0 Å². The van der Waals surface area contributed by atoms with Crippen LogP contribution < -0.4 is 31.8 Å². The highest BCUT2D eigenvalue weighted by molar-refractivity contribution is 7.80. The molecule has 0 heterocycles. The predicted molar refractivity (Wildman–Crippen MR) is 225 cm³/mol. The largest absolute Gasteiger partial charge is 0.0622 e. The smallest absolute Gasteiger partial charge is 0.00135 e. The highest BCUT2D eigenvalue weighted by Crippen LogP contribution is 2.36. The fourth-order valence-electron chi connectivity index (χ4n) is 6.44. The lowest BCUT2D eigenvalue weighted by molar-refractivity contribution is 1.26. The van der Waals surface area contributed by atoms with Crippen LogP contribution in [0.2, 0.25) is 0 Å².